The van der Waals surface area contributed by atoms with Crippen molar-refractivity contribution in [2.45, 2.75) is 26.6 Å². The van der Waals surface area contributed by atoms with Gasteiger partial charge in [0.2, 0.25) is 5.95 Å². The van der Waals surface area contributed by atoms with Crippen molar-refractivity contribution >= 4 is 40.2 Å². The van der Waals surface area contributed by atoms with Crippen LogP contribution in [0.5, 0.6) is 0 Å². The van der Waals surface area contributed by atoms with E-state index in [-0.39, 0.29) is 18.1 Å². The molecule has 9 nitrogen and oxygen atoms in total. The molecule has 2 N–H and O–H groups in total. The Morgan fingerprint density at radius 3 is 2.55 bits per heavy atom. The van der Waals surface area contributed by atoms with Gasteiger partial charge in [-0.25, -0.2) is 14.8 Å². The standard InChI is InChI=1S/C28H23F3N8O/c1-15-4-6-17(24-35-21-9-7-19(28(29,30)31)11-22(21)36-24)10-23(15)39-14-18-12-33-26(37-25(18)38(3)27(39)40)34-20-8-5-16(2)32-13-20/h4-13H,14H2,1-3H3,(H,35,36)(H,33,34,37). The molecule has 1 aliphatic heterocycles. The average molecular weight is 545 g/mol. The van der Waals surface area contributed by atoms with Gasteiger partial charge in [-0.15, -0.1) is 0 Å². The molecule has 0 bridgehead atoms. The van der Waals surface area contributed by atoms with Crippen LogP contribution in [0.4, 0.5) is 41.1 Å². The highest BCUT2D eigenvalue weighted by molar-refractivity contribution is 6.05. The quantitative estimate of drug-likeness (QED) is 0.273. The smallest absolute Gasteiger partial charge is 0.338 e. The molecule has 6 rings (SSSR count). The first-order valence-corrected chi connectivity index (χ1v) is 12.4. The summed E-state index contributed by atoms with van der Waals surface area (Å²) in [5.74, 6) is 1.23. The predicted octanol–water partition coefficient (Wildman–Crippen LogP) is 6.37. The number of fused-ring (bicyclic) bond motifs is 2. The zero-order valence-corrected chi connectivity index (χ0v) is 21.7. The Labute approximate surface area is 226 Å². The number of hydrogen-bond donors (Lipinski definition) is 2. The number of aromatic amines is 1. The monoisotopic (exact) mass is 544 g/mol. The number of nitrogens with zero attached hydrogens (tertiary/aromatic N) is 6. The lowest BCUT2D eigenvalue weighted by Crippen LogP contribution is -2.46. The van der Waals surface area contributed by atoms with Gasteiger partial charge in [0.15, 0.2) is 0 Å². The summed E-state index contributed by atoms with van der Waals surface area (Å²) in [5, 5.41) is 3.11. The van der Waals surface area contributed by atoms with Crippen molar-refractivity contribution in [2.75, 3.05) is 22.2 Å². The summed E-state index contributed by atoms with van der Waals surface area (Å²) in [7, 11) is 1.65. The van der Waals surface area contributed by atoms with E-state index in [1.54, 1.807) is 30.4 Å². The van der Waals surface area contributed by atoms with Gasteiger partial charge in [-0.1, -0.05) is 12.1 Å². The number of aromatic nitrogens is 5. The van der Waals surface area contributed by atoms with Gasteiger partial charge in [0, 0.05) is 35.8 Å². The Morgan fingerprint density at radius 1 is 0.975 bits per heavy atom. The summed E-state index contributed by atoms with van der Waals surface area (Å²) in [6.45, 7) is 4.02. The third-order valence-electron chi connectivity index (χ3n) is 6.76. The minimum absolute atomic E-state index is 0.240. The van der Waals surface area contributed by atoms with E-state index in [2.05, 4.69) is 30.2 Å². The van der Waals surface area contributed by atoms with E-state index in [1.165, 1.54) is 11.0 Å². The van der Waals surface area contributed by atoms with E-state index >= 15 is 0 Å². The van der Waals surface area contributed by atoms with Gasteiger partial charge >= 0.3 is 12.2 Å². The molecule has 0 unspecified atom stereocenters. The number of hydrogen-bond acceptors (Lipinski definition) is 6. The Kier molecular flexibility index (Phi) is 5.90. The number of alkyl halides is 3. The van der Waals surface area contributed by atoms with Crippen LogP contribution in [0.2, 0.25) is 0 Å². The van der Waals surface area contributed by atoms with E-state index in [0.29, 0.717) is 34.4 Å². The van der Waals surface area contributed by atoms with Gasteiger partial charge in [0.25, 0.3) is 0 Å². The second-order valence-electron chi connectivity index (χ2n) is 9.60. The summed E-state index contributed by atoms with van der Waals surface area (Å²) < 4.78 is 39.5. The Hall–Kier alpha value is -5.00. The second kappa shape index (κ2) is 9.33. The van der Waals surface area contributed by atoms with Gasteiger partial charge in [-0.05, 0) is 55.8 Å². The zero-order chi connectivity index (χ0) is 28.2. The fourth-order valence-corrected chi connectivity index (χ4v) is 4.60. The van der Waals surface area contributed by atoms with Gasteiger partial charge in [-0.3, -0.25) is 14.8 Å². The summed E-state index contributed by atoms with van der Waals surface area (Å²) in [5.41, 5.74) is 4.42. The number of rotatable bonds is 4. The predicted molar refractivity (Wildman–Crippen MR) is 146 cm³/mol. The number of nitrogens with one attached hydrogen (secondary N) is 2. The largest absolute Gasteiger partial charge is 0.416 e. The minimum atomic E-state index is -4.45. The summed E-state index contributed by atoms with van der Waals surface area (Å²) in [6.07, 6.45) is -1.09. The number of halogens is 3. The van der Waals surface area contributed by atoms with Gasteiger partial charge in [0.05, 0.1) is 35.0 Å². The van der Waals surface area contributed by atoms with Crippen LogP contribution in [0.15, 0.2) is 60.9 Å². The molecule has 40 heavy (non-hydrogen) atoms. The molecule has 2 amide bonds. The minimum Gasteiger partial charge on any atom is -0.338 e. The number of aryl methyl sites for hydroxylation is 2. The first kappa shape index (κ1) is 25.3. The second-order valence-corrected chi connectivity index (χ2v) is 9.60. The number of H-pyrrole nitrogens is 1. The Balaban J connectivity index is 1.31. The molecule has 0 radical (unpaired) electrons. The number of benzene rings is 2. The Morgan fingerprint density at radius 2 is 1.80 bits per heavy atom. The number of pyridine rings is 1. The maximum atomic E-state index is 13.5. The van der Waals surface area contributed by atoms with Crippen molar-refractivity contribution in [3.8, 4) is 11.4 Å². The number of anilines is 4. The molecule has 0 fully saturated rings. The fraction of sp³-hybridized carbons (Fsp3) is 0.179. The molecule has 12 heteroatoms. The number of amides is 2. The van der Waals surface area contributed by atoms with E-state index in [0.717, 1.165) is 34.6 Å². The number of carbonyl (C=O) groups excluding carboxylic acids is 1. The van der Waals surface area contributed by atoms with Crippen LogP contribution < -0.4 is 15.1 Å². The lowest BCUT2D eigenvalue weighted by molar-refractivity contribution is -0.137. The molecule has 1 aliphatic rings. The first-order chi connectivity index (χ1) is 19.1. The van der Waals surface area contributed by atoms with Gasteiger partial charge < -0.3 is 10.3 Å². The van der Waals surface area contributed by atoms with Crippen LogP contribution in [0.1, 0.15) is 22.4 Å². The SMILES string of the molecule is Cc1ccc(Nc2ncc3c(n2)N(C)C(=O)N(c2cc(-c4nc5ccc(C(F)(F)F)cc5[nH]4)ccc2C)C3)cn1. The molecule has 3 aromatic heterocycles. The fourth-order valence-electron chi connectivity index (χ4n) is 4.60. The lowest BCUT2D eigenvalue weighted by Gasteiger charge is -2.35. The van der Waals surface area contributed by atoms with Crippen LogP contribution in [-0.2, 0) is 12.7 Å². The maximum absolute atomic E-state index is 13.5. The number of imidazole rings is 1. The van der Waals surface area contributed by atoms with Gasteiger partial charge in [-0.2, -0.15) is 18.2 Å². The molecule has 0 aliphatic carbocycles. The van der Waals surface area contributed by atoms with Crippen LogP contribution in [0, 0.1) is 13.8 Å². The molecule has 0 saturated carbocycles. The average Bonchev–Trinajstić information content (AvgIpc) is 3.36. The topological polar surface area (TPSA) is 103 Å². The van der Waals surface area contributed by atoms with Crippen molar-refractivity contribution in [1.29, 1.82) is 0 Å². The molecule has 0 atom stereocenters. The molecular formula is C28H23F3N8O. The van der Waals surface area contributed by atoms with Crippen molar-refractivity contribution in [3.05, 3.63) is 83.3 Å². The summed E-state index contributed by atoms with van der Waals surface area (Å²) in [6, 6.07) is 12.3. The summed E-state index contributed by atoms with van der Waals surface area (Å²) in [4.78, 5) is 37.3. The molecular weight excluding hydrogens is 521 g/mol. The van der Waals surface area contributed by atoms with Crippen molar-refractivity contribution in [3.63, 3.8) is 0 Å². The molecule has 2 aromatic carbocycles. The normalized spacial score (nSPS) is 13.6. The molecule has 0 saturated heterocycles. The highest BCUT2D eigenvalue weighted by Gasteiger charge is 2.32. The summed E-state index contributed by atoms with van der Waals surface area (Å²) >= 11 is 0. The third kappa shape index (κ3) is 4.57. The van der Waals surface area contributed by atoms with Crippen molar-refractivity contribution in [2.24, 2.45) is 0 Å². The van der Waals surface area contributed by atoms with Crippen LogP contribution in [-0.4, -0.2) is 38.0 Å². The number of carbonyl (C=O) groups is 1. The Bertz CT molecular complexity index is 1760. The molecule has 202 valence electrons. The van der Waals surface area contributed by atoms with Crippen molar-refractivity contribution in [1.82, 2.24) is 24.9 Å². The van der Waals surface area contributed by atoms with E-state index in [1.807, 2.05) is 38.1 Å². The number of urea groups is 1. The molecule has 4 heterocycles. The zero-order valence-electron chi connectivity index (χ0n) is 21.7. The third-order valence-corrected chi connectivity index (χ3v) is 6.76. The highest BCUT2D eigenvalue weighted by atomic mass is 19.4. The first-order valence-electron chi connectivity index (χ1n) is 12.4. The van der Waals surface area contributed by atoms with E-state index < -0.39 is 11.7 Å². The van der Waals surface area contributed by atoms with Crippen LogP contribution in [0.25, 0.3) is 22.4 Å². The van der Waals surface area contributed by atoms with Crippen molar-refractivity contribution < 1.29 is 18.0 Å². The lowest BCUT2D eigenvalue weighted by atomic mass is 10.1. The molecule has 0 spiro atoms. The maximum Gasteiger partial charge on any atom is 0.416 e. The van der Waals surface area contributed by atoms with Crippen LogP contribution >= 0.6 is 0 Å². The van der Waals surface area contributed by atoms with Crippen LogP contribution in [0.3, 0.4) is 0 Å². The highest BCUT2D eigenvalue weighted by Crippen LogP contribution is 2.35. The van der Waals surface area contributed by atoms with E-state index in [9.17, 15) is 18.0 Å². The van der Waals surface area contributed by atoms with Gasteiger partial charge in [0.1, 0.15) is 11.6 Å². The van der Waals surface area contributed by atoms with E-state index in [4.69, 9.17) is 0 Å². The molecule has 5 aromatic rings.